The highest BCUT2D eigenvalue weighted by molar-refractivity contribution is 7.98. The number of carbonyl (C=O) groups excluding carboxylic acids is 1. The zero-order chi connectivity index (χ0) is 15.9. The number of halogens is 1. The Morgan fingerprint density at radius 3 is 2.77 bits per heavy atom. The van der Waals surface area contributed by atoms with Crippen molar-refractivity contribution in [1.82, 2.24) is 15.1 Å². The standard InChI is InChI=1S/C15H18FN3O2S/c1-22-10-12(7-9-20)17-15(21)14-6-8-19(18-14)13-4-2-11(16)3-5-13/h2-6,8,12,20H,7,9-10H2,1H3,(H,17,21). The summed E-state index contributed by atoms with van der Waals surface area (Å²) in [6.45, 7) is 0.0233. The van der Waals surface area contributed by atoms with Gasteiger partial charge in [-0.15, -0.1) is 0 Å². The predicted octanol–water partition coefficient (Wildman–Crippen LogP) is 1.86. The van der Waals surface area contributed by atoms with Gasteiger partial charge in [-0.05, 0) is 43.0 Å². The summed E-state index contributed by atoms with van der Waals surface area (Å²) in [5, 5.41) is 16.1. The molecule has 118 valence electrons. The fraction of sp³-hybridized carbons (Fsp3) is 0.333. The van der Waals surface area contributed by atoms with Gasteiger partial charge in [0.15, 0.2) is 5.69 Å². The van der Waals surface area contributed by atoms with Gasteiger partial charge < -0.3 is 10.4 Å². The van der Waals surface area contributed by atoms with Gasteiger partial charge in [0.25, 0.3) is 5.91 Å². The molecule has 7 heteroatoms. The van der Waals surface area contributed by atoms with Crippen molar-refractivity contribution >= 4 is 17.7 Å². The number of benzene rings is 1. The van der Waals surface area contributed by atoms with Crippen LogP contribution in [-0.2, 0) is 0 Å². The number of aromatic nitrogens is 2. The molecule has 0 saturated carbocycles. The van der Waals surface area contributed by atoms with Crippen molar-refractivity contribution in [3.05, 3.63) is 48.0 Å². The largest absolute Gasteiger partial charge is 0.396 e. The number of nitrogens with zero attached hydrogens (tertiary/aromatic N) is 2. The number of carbonyl (C=O) groups is 1. The summed E-state index contributed by atoms with van der Waals surface area (Å²) in [4.78, 5) is 12.2. The highest BCUT2D eigenvalue weighted by Crippen LogP contribution is 2.09. The first-order valence-corrected chi connectivity index (χ1v) is 8.25. The molecule has 0 aliphatic carbocycles. The minimum Gasteiger partial charge on any atom is -0.396 e. The Labute approximate surface area is 132 Å². The van der Waals surface area contributed by atoms with Crippen molar-refractivity contribution in [2.24, 2.45) is 0 Å². The maximum atomic E-state index is 12.9. The maximum Gasteiger partial charge on any atom is 0.272 e. The summed E-state index contributed by atoms with van der Waals surface area (Å²) in [6, 6.07) is 7.37. The van der Waals surface area contributed by atoms with Crippen LogP contribution in [0.25, 0.3) is 5.69 Å². The molecule has 1 atom stereocenters. The van der Waals surface area contributed by atoms with Gasteiger partial charge in [-0.25, -0.2) is 9.07 Å². The zero-order valence-corrected chi connectivity index (χ0v) is 13.0. The van der Waals surface area contributed by atoms with Crippen LogP contribution in [0.15, 0.2) is 36.5 Å². The van der Waals surface area contributed by atoms with Gasteiger partial charge in [0, 0.05) is 24.6 Å². The number of hydrogen-bond donors (Lipinski definition) is 2. The van der Waals surface area contributed by atoms with E-state index in [-0.39, 0.29) is 30.1 Å². The molecule has 2 N–H and O–H groups in total. The zero-order valence-electron chi connectivity index (χ0n) is 12.2. The Bertz CT molecular complexity index is 610. The number of hydrogen-bond acceptors (Lipinski definition) is 4. The molecule has 0 aliphatic heterocycles. The smallest absolute Gasteiger partial charge is 0.272 e. The molecule has 0 fully saturated rings. The number of rotatable bonds is 7. The fourth-order valence-electron chi connectivity index (χ4n) is 2.00. The monoisotopic (exact) mass is 323 g/mol. The molecule has 1 amide bonds. The Balaban J connectivity index is 2.06. The van der Waals surface area contributed by atoms with E-state index in [2.05, 4.69) is 10.4 Å². The first-order valence-electron chi connectivity index (χ1n) is 6.86. The molecule has 0 aliphatic rings. The van der Waals surface area contributed by atoms with Gasteiger partial charge in [0.05, 0.1) is 5.69 Å². The normalized spacial score (nSPS) is 12.1. The summed E-state index contributed by atoms with van der Waals surface area (Å²) in [7, 11) is 0. The highest BCUT2D eigenvalue weighted by Gasteiger charge is 2.15. The van der Waals surface area contributed by atoms with E-state index in [0.717, 1.165) is 5.75 Å². The SMILES string of the molecule is CSCC(CCO)NC(=O)c1ccn(-c2ccc(F)cc2)n1. The first-order chi connectivity index (χ1) is 10.6. The molecular weight excluding hydrogens is 305 g/mol. The number of aliphatic hydroxyl groups excluding tert-OH is 1. The van der Waals surface area contributed by atoms with Crippen molar-refractivity contribution in [3.63, 3.8) is 0 Å². The van der Waals surface area contributed by atoms with E-state index in [1.54, 1.807) is 36.2 Å². The molecule has 1 unspecified atom stereocenters. The molecule has 22 heavy (non-hydrogen) atoms. The van der Waals surface area contributed by atoms with Gasteiger partial charge in [-0.3, -0.25) is 4.79 Å². The summed E-state index contributed by atoms with van der Waals surface area (Å²) in [5.41, 5.74) is 0.963. The molecule has 5 nitrogen and oxygen atoms in total. The second kappa shape index (κ2) is 7.95. The molecule has 0 radical (unpaired) electrons. The van der Waals surface area contributed by atoms with E-state index in [4.69, 9.17) is 5.11 Å². The van der Waals surface area contributed by atoms with Crippen LogP contribution in [0.1, 0.15) is 16.9 Å². The third-order valence-corrected chi connectivity index (χ3v) is 3.83. The minimum absolute atomic E-state index is 0.0233. The molecule has 0 saturated heterocycles. The molecule has 0 spiro atoms. The quantitative estimate of drug-likeness (QED) is 0.816. The third kappa shape index (κ3) is 4.32. The summed E-state index contributed by atoms with van der Waals surface area (Å²) in [6.07, 6.45) is 4.10. The molecule has 1 aromatic heterocycles. The van der Waals surface area contributed by atoms with Gasteiger partial charge in [-0.1, -0.05) is 0 Å². The van der Waals surface area contributed by atoms with Gasteiger partial charge in [0.1, 0.15) is 5.82 Å². The van der Waals surface area contributed by atoms with Crippen LogP contribution in [0.2, 0.25) is 0 Å². The number of aliphatic hydroxyl groups is 1. The van der Waals surface area contributed by atoms with Crippen molar-refractivity contribution in [2.75, 3.05) is 18.6 Å². The van der Waals surface area contributed by atoms with E-state index in [1.807, 2.05) is 6.26 Å². The average molecular weight is 323 g/mol. The second-order valence-corrected chi connectivity index (χ2v) is 5.67. The van der Waals surface area contributed by atoms with E-state index < -0.39 is 0 Å². The molecule has 0 bridgehead atoms. The van der Waals surface area contributed by atoms with Crippen LogP contribution in [0.4, 0.5) is 4.39 Å². The first kappa shape index (κ1) is 16.5. The lowest BCUT2D eigenvalue weighted by atomic mass is 10.2. The third-order valence-electron chi connectivity index (χ3n) is 3.09. The predicted molar refractivity (Wildman–Crippen MR) is 84.9 cm³/mol. The Morgan fingerprint density at radius 2 is 2.14 bits per heavy atom. The van der Waals surface area contributed by atoms with Gasteiger partial charge >= 0.3 is 0 Å². The van der Waals surface area contributed by atoms with Crippen molar-refractivity contribution < 1.29 is 14.3 Å². The van der Waals surface area contributed by atoms with Gasteiger partial charge in [0.2, 0.25) is 0 Å². The summed E-state index contributed by atoms with van der Waals surface area (Å²) in [5.74, 6) is 0.122. The average Bonchev–Trinajstić information content (AvgIpc) is 2.98. The van der Waals surface area contributed by atoms with Crippen LogP contribution in [0, 0.1) is 5.82 Å². The van der Waals surface area contributed by atoms with E-state index in [1.165, 1.54) is 16.8 Å². The van der Waals surface area contributed by atoms with Crippen LogP contribution >= 0.6 is 11.8 Å². The second-order valence-electron chi connectivity index (χ2n) is 4.76. The molecule has 1 heterocycles. The van der Waals surface area contributed by atoms with Crippen molar-refractivity contribution in [1.29, 1.82) is 0 Å². The Kier molecular flexibility index (Phi) is 5.97. The molecular formula is C15H18FN3O2S. The van der Waals surface area contributed by atoms with E-state index in [9.17, 15) is 9.18 Å². The lowest BCUT2D eigenvalue weighted by molar-refractivity contribution is 0.0930. The number of amides is 1. The lowest BCUT2D eigenvalue weighted by Gasteiger charge is -2.15. The molecule has 1 aromatic carbocycles. The topological polar surface area (TPSA) is 67.2 Å². The summed E-state index contributed by atoms with van der Waals surface area (Å²) >= 11 is 1.60. The van der Waals surface area contributed by atoms with Crippen molar-refractivity contribution in [3.8, 4) is 5.69 Å². The Morgan fingerprint density at radius 1 is 1.41 bits per heavy atom. The Hall–Kier alpha value is -1.86. The van der Waals surface area contributed by atoms with Crippen molar-refractivity contribution in [2.45, 2.75) is 12.5 Å². The van der Waals surface area contributed by atoms with Crippen LogP contribution in [0.5, 0.6) is 0 Å². The van der Waals surface area contributed by atoms with Crippen LogP contribution in [0.3, 0.4) is 0 Å². The van der Waals surface area contributed by atoms with Gasteiger partial charge in [-0.2, -0.15) is 16.9 Å². The molecule has 2 rings (SSSR count). The minimum atomic E-state index is -0.321. The van der Waals surface area contributed by atoms with E-state index in [0.29, 0.717) is 12.1 Å². The fourth-order valence-corrected chi connectivity index (χ4v) is 2.65. The number of thioether (sulfide) groups is 1. The highest BCUT2D eigenvalue weighted by atomic mass is 32.2. The lowest BCUT2D eigenvalue weighted by Crippen LogP contribution is -2.37. The van der Waals surface area contributed by atoms with E-state index >= 15 is 0 Å². The maximum absolute atomic E-state index is 12.9. The number of nitrogens with one attached hydrogen (secondary N) is 1. The van der Waals surface area contributed by atoms with Crippen LogP contribution < -0.4 is 5.32 Å². The summed E-state index contributed by atoms with van der Waals surface area (Å²) < 4.78 is 14.4. The molecule has 2 aromatic rings. The van der Waals surface area contributed by atoms with Crippen LogP contribution in [-0.4, -0.2) is 45.5 Å².